The van der Waals surface area contributed by atoms with Gasteiger partial charge in [0, 0.05) is 11.6 Å². The normalized spacial score (nSPS) is 12.7. The van der Waals surface area contributed by atoms with Gasteiger partial charge in [0.15, 0.2) is 5.78 Å². The lowest BCUT2D eigenvalue weighted by Crippen LogP contribution is -2.36. The number of ketones is 1. The number of carbonyl (C=O) groups excluding carboxylic acids is 4. The zero-order valence-electron chi connectivity index (χ0n) is 14.0. The number of imide groups is 1. The molecule has 1 aliphatic rings. The third-order valence-corrected chi connectivity index (χ3v) is 3.95. The van der Waals surface area contributed by atoms with Crippen LogP contribution in [-0.4, -0.2) is 39.9 Å². The first kappa shape index (κ1) is 17.9. The Morgan fingerprint density at radius 2 is 1.74 bits per heavy atom. The van der Waals surface area contributed by atoms with Crippen molar-refractivity contribution in [3.63, 3.8) is 0 Å². The Kier molecular flexibility index (Phi) is 4.51. The second kappa shape index (κ2) is 6.79. The highest BCUT2D eigenvalue weighted by molar-refractivity contribution is 6.24. The minimum Gasteiger partial charge on any atom is -0.425 e. The highest BCUT2D eigenvalue weighted by Gasteiger charge is 2.41. The number of carbonyl (C=O) groups is 4. The minimum atomic E-state index is -0.925. The Balaban J connectivity index is 1.76. The standard InChI is InChI=1S/C18H12N2O7/c1-10(21)11-5-7-12(8-6-11)27-15(22)9-19-17(23)13-3-2-4-14(20(25)26)16(13)18(19)24/h2-8H,9H2,1H3. The molecule has 0 saturated heterocycles. The number of esters is 1. The van der Waals surface area contributed by atoms with Gasteiger partial charge in [-0.3, -0.25) is 29.4 Å². The molecule has 0 atom stereocenters. The van der Waals surface area contributed by atoms with Gasteiger partial charge < -0.3 is 4.74 Å². The van der Waals surface area contributed by atoms with E-state index >= 15 is 0 Å². The molecule has 2 amide bonds. The van der Waals surface area contributed by atoms with E-state index in [0.717, 1.165) is 6.07 Å². The van der Waals surface area contributed by atoms with E-state index in [2.05, 4.69) is 0 Å². The van der Waals surface area contributed by atoms with E-state index < -0.39 is 34.9 Å². The second-order valence-corrected chi connectivity index (χ2v) is 5.71. The molecule has 9 nitrogen and oxygen atoms in total. The van der Waals surface area contributed by atoms with E-state index in [-0.39, 0.29) is 22.7 Å². The van der Waals surface area contributed by atoms with Crippen LogP contribution in [0.5, 0.6) is 5.75 Å². The smallest absolute Gasteiger partial charge is 0.331 e. The second-order valence-electron chi connectivity index (χ2n) is 5.71. The summed E-state index contributed by atoms with van der Waals surface area (Å²) in [5.41, 5.74) is -0.539. The van der Waals surface area contributed by atoms with Gasteiger partial charge in [0.2, 0.25) is 0 Å². The molecule has 0 radical (unpaired) electrons. The number of Topliss-reactive ketones (excluding diaryl/α,β-unsaturated/α-hetero) is 1. The first-order valence-electron chi connectivity index (χ1n) is 7.75. The summed E-state index contributed by atoms with van der Waals surface area (Å²) in [5.74, 6) is -2.65. The SMILES string of the molecule is CC(=O)c1ccc(OC(=O)CN2C(=O)c3cccc([N+](=O)[O-])c3C2=O)cc1. The number of ether oxygens (including phenoxy) is 1. The minimum absolute atomic E-state index is 0.132. The van der Waals surface area contributed by atoms with E-state index in [1.807, 2.05) is 0 Å². The highest BCUT2D eigenvalue weighted by atomic mass is 16.6. The summed E-state index contributed by atoms with van der Waals surface area (Å²) in [6, 6.07) is 9.44. The molecule has 9 heteroatoms. The summed E-state index contributed by atoms with van der Waals surface area (Å²) >= 11 is 0. The molecule has 0 saturated carbocycles. The molecule has 0 bridgehead atoms. The molecule has 2 aromatic carbocycles. The number of amides is 2. The van der Waals surface area contributed by atoms with Crippen LogP contribution >= 0.6 is 0 Å². The molecule has 0 fully saturated rings. The number of benzene rings is 2. The molecule has 136 valence electrons. The largest absolute Gasteiger partial charge is 0.425 e. The van der Waals surface area contributed by atoms with Crippen molar-refractivity contribution in [3.05, 3.63) is 69.3 Å². The van der Waals surface area contributed by atoms with Crippen molar-refractivity contribution in [2.24, 2.45) is 0 Å². The van der Waals surface area contributed by atoms with E-state index in [9.17, 15) is 29.3 Å². The van der Waals surface area contributed by atoms with Crippen molar-refractivity contribution in [1.82, 2.24) is 4.90 Å². The maximum Gasteiger partial charge on any atom is 0.331 e. The molecular weight excluding hydrogens is 356 g/mol. The Labute approximate surface area is 152 Å². The molecule has 27 heavy (non-hydrogen) atoms. The van der Waals surface area contributed by atoms with Crippen LogP contribution in [-0.2, 0) is 4.79 Å². The number of fused-ring (bicyclic) bond motifs is 1. The highest BCUT2D eigenvalue weighted by Crippen LogP contribution is 2.30. The van der Waals surface area contributed by atoms with Gasteiger partial charge in [0.25, 0.3) is 17.5 Å². The number of nitrogens with zero attached hydrogens (tertiary/aromatic N) is 2. The zero-order valence-corrected chi connectivity index (χ0v) is 14.0. The first-order valence-corrected chi connectivity index (χ1v) is 7.75. The predicted molar refractivity (Wildman–Crippen MR) is 90.5 cm³/mol. The third kappa shape index (κ3) is 3.30. The van der Waals surface area contributed by atoms with Gasteiger partial charge in [0.1, 0.15) is 17.9 Å². The quantitative estimate of drug-likeness (QED) is 0.197. The van der Waals surface area contributed by atoms with Crippen molar-refractivity contribution >= 4 is 29.3 Å². The summed E-state index contributed by atoms with van der Waals surface area (Å²) in [6.45, 7) is 0.695. The van der Waals surface area contributed by atoms with Gasteiger partial charge >= 0.3 is 5.97 Å². The number of nitro groups is 1. The molecule has 0 aliphatic carbocycles. The molecule has 0 aromatic heterocycles. The van der Waals surface area contributed by atoms with Crippen LogP contribution in [0.1, 0.15) is 38.0 Å². The summed E-state index contributed by atoms with van der Waals surface area (Å²) < 4.78 is 5.05. The van der Waals surface area contributed by atoms with Crippen LogP contribution in [0.2, 0.25) is 0 Å². The van der Waals surface area contributed by atoms with Gasteiger partial charge in [-0.2, -0.15) is 0 Å². The Bertz CT molecular complexity index is 995. The molecule has 0 N–H and O–H groups in total. The van der Waals surface area contributed by atoms with Crippen LogP contribution in [0, 0.1) is 10.1 Å². The summed E-state index contributed by atoms with van der Waals surface area (Å²) in [5, 5.41) is 11.1. The van der Waals surface area contributed by atoms with Crippen molar-refractivity contribution in [2.75, 3.05) is 6.54 Å². The Morgan fingerprint density at radius 1 is 1.07 bits per heavy atom. The average Bonchev–Trinajstić information content (AvgIpc) is 2.87. The van der Waals surface area contributed by atoms with Crippen LogP contribution in [0.25, 0.3) is 0 Å². The number of rotatable bonds is 5. The van der Waals surface area contributed by atoms with E-state index in [1.54, 1.807) is 0 Å². The van der Waals surface area contributed by atoms with Crippen molar-refractivity contribution in [2.45, 2.75) is 6.92 Å². The number of hydrogen-bond acceptors (Lipinski definition) is 7. The van der Waals surface area contributed by atoms with Crippen molar-refractivity contribution in [1.29, 1.82) is 0 Å². The van der Waals surface area contributed by atoms with Crippen LogP contribution < -0.4 is 4.74 Å². The molecular formula is C18H12N2O7. The van der Waals surface area contributed by atoms with Gasteiger partial charge in [-0.25, -0.2) is 4.79 Å². The molecule has 0 unspecified atom stereocenters. The lowest BCUT2D eigenvalue weighted by molar-refractivity contribution is -0.385. The topological polar surface area (TPSA) is 124 Å². The summed E-state index contributed by atoms with van der Waals surface area (Å²) in [7, 11) is 0. The molecule has 1 heterocycles. The number of nitro benzene ring substituents is 1. The van der Waals surface area contributed by atoms with Crippen molar-refractivity contribution < 1.29 is 28.8 Å². The van der Waals surface area contributed by atoms with Gasteiger partial charge in [-0.15, -0.1) is 0 Å². The lowest BCUT2D eigenvalue weighted by atomic mass is 10.1. The van der Waals surface area contributed by atoms with Gasteiger partial charge in [-0.05, 0) is 37.3 Å². The summed E-state index contributed by atoms with van der Waals surface area (Å²) in [4.78, 5) is 58.9. The molecule has 0 spiro atoms. The lowest BCUT2D eigenvalue weighted by Gasteiger charge is -2.12. The maximum absolute atomic E-state index is 12.4. The Hall–Kier alpha value is -3.88. The Morgan fingerprint density at radius 3 is 2.33 bits per heavy atom. The zero-order chi connectivity index (χ0) is 19.7. The summed E-state index contributed by atoms with van der Waals surface area (Å²) in [6.07, 6.45) is 0. The fourth-order valence-electron chi connectivity index (χ4n) is 2.66. The van der Waals surface area contributed by atoms with Crippen LogP contribution in [0.3, 0.4) is 0 Å². The average molecular weight is 368 g/mol. The molecule has 1 aliphatic heterocycles. The molecule has 3 rings (SSSR count). The predicted octanol–water partition coefficient (Wildman–Crippen LogP) is 2.00. The van der Waals surface area contributed by atoms with Gasteiger partial charge in [0.05, 0.1) is 10.5 Å². The fourth-order valence-corrected chi connectivity index (χ4v) is 2.66. The van der Waals surface area contributed by atoms with E-state index in [1.165, 1.54) is 43.3 Å². The fraction of sp³-hybridized carbons (Fsp3) is 0.111. The van der Waals surface area contributed by atoms with E-state index in [4.69, 9.17) is 4.74 Å². The van der Waals surface area contributed by atoms with E-state index in [0.29, 0.717) is 10.5 Å². The first-order chi connectivity index (χ1) is 12.8. The van der Waals surface area contributed by atoms with Crippen LogP contribution in [0.15, 0.2) is 42.5 Å². The molecule has 2 aromatic rings. The van der Waals surface area contributed by atoms with Crippen molar-refractivity contribution in [3.8, 4) is 5.75 Å². The number of hydrogen-bond donors (Lipinski definition) is 0. The maximum atomic E-state index is 12.4. The van der Waals surface area contributed by atoms with Gasteiger partial charge in [-0.1, -0.05) is 6.07 Å². The van der Waals surface area contributed by atoms with Crippen LogP contribution in [0.4, 0.5) is 5.69 Å². The third-order valence-electron chi connectivity index (χ3n) is 3.95. The monoisotopic (exact) mass is 368 g/mol.